The number of rotatable bonds is 6. The third-order valence-corrected chi connectivity index (χ3v) is 3.56. The lowest BCUT2D eigenvalue weighted by molar-refractivity contribution is 0.350. The predicted molar refractivity (Wildman–Crippen MR) is 80.7 cm³/mol. The average molecular weight is 259 g/mol. The summed E-state index contributed by atoms with van der Waals surface area (Å²) in [6, 6.07) is 7.02. The molecule has 1 aromatic rings. The highest BCUT2D eigenvalue weighted by Gasteiger charge is 2.19. The van der Waals surface area contributed by atoms with Gasteiger partial charge in [-0.05, 0) is 68.0 Å². The summed E-state index contributed by atoms with van der Waals surface area (Å²) in [5.41, 5.74) is 3.96. The van der Waals surface area contributed by atoms with Crippen LogP contribution in [0.4, 0.5) is 0 Å². The number of hydrogen-bond donors (Lipinski definition) is 1. The summed E-state index contributed by atoms with van der Waals surface area (Å²) in [5.74, 6) is 0.965. The SMILES string of the molecule is C=C(C)COc1ccc2c(c1)C(NCCC)CCC2. The van der Waals surface area contributed by atoms with Crippen LogP contribution in [0.3, 0.4) is 0 Å². The van der Waals surface area contributed by atoms with Gasteiger partial charge in [-0.2, -0.15) is 0 Å². The Balaban J connectivity index is 2.12. The summed E-state index contributed by atoms with van der Waals surface area (Å²) in [6.45, 7) is 9.76. The monoisotopic (exact) mass is 259 g/mol. The maximum absolute atomic E-state index is 5.76. The predicted octanol–water partition coefficient (Wildman–Crippen LogP) is 4.02. The van der Waals surface area contributed by atoms with E-state index in [0.717, 1.165) is 17.9 Å². The number of aryl methyl sites for hydroxylation is 1. The lowest BCUT2D eigenvalue weighted by Crippen LogP contribution is -2.25. The van der Waals surface area contributed by atoms with E-state index >= 15 is 0 Å². The summed E-state index contributed by atoms with van der Waals surface area (Å²) < 4.78 is 5.76. The molecule has 0 amide bonds. The van der Waals surface area contributed by atoms with Gasteiger partial charge in [0.05, 0.1) is 0 Å². The highest BCUT2D eigenvalue weighted by Crippen LogP contribution is 2.32. The molecule has 1 atom stereocenters. The highest BCUT2D eigenvalue weighted by atomic mass is 16.5. The van der Waals surface area contributed by atoms with Crippen molar-refractivity contribution in [1.82, 2.24) is 5.32 Å². The second kappa shape index (κ2) is 6.76. The van der Waals surface area contributed by atoms with Gasteiger partial charge in [0.25, 0.3) is 0 Å². The van der Waals surface area contributed by atoms with Gasteiger partial charge >= 0.3 is 0 Å². The molecule has 0 saturated heterocycles. The van der Waals surface area contributed by atoms with Gasteiger partial charge < -0.3 is 10.1 Å². The lowest BCUT2D eigenvalue weighted by Gasteiger charge is -2.27. The van der Waals surface area contributed by atoms with Crippen LogP contribution in [0.25, 0.3) is 0 Å². The van der Waals surface area contributed by atoms with Crippen molar-refractivity contribution in [3.05, 3.63) is 41.5 Å². The van der Waals surface area contributed by atoms with E-state index in [0.29, 0.717) is 12.6 Å². The fraction of sp³-hybridized carbons (Fsp3) is 0.529. The minimum Gasteiger partial charge on any atom is -0.489 e. The molecule has 19 heavy (non-hydrogen) atoms. The maximum Gasteiger partial charge on any atom is 0.120 e. The fourth-order valence-electron chi connectivity index (χ4n) is 2.60. The van der Waals surface area contributed by atoms with Gasteiger partial charge in [-0.25, -0.2) is 0 Å². The molecule has 0 fully saturated rings. The standard InChI is InChI=1S/C17H25NO/c1-4-10-18-17-7-5-6-14-8-9-15(11-16(14)17)19-12-13(2)3/h8-9,11,17-18H,2,4-7,10,12H2,1,3H3. The average Bonchev–Trinajstić information content (AvgIpc) is 2.42. The number of hydrogen-bond acceptors (Lipinski definition) is 2. The second-order valence-corrected chi connectivity index (χ2v) is 5.51. The Morgan fingerprint density at radius 1 is 1.47 bits per heavy atom. The summed E-state index contributed by atoms with van der Waals surface area (Å²) in [7, 11) is 0. The van der Waals surface area contributed by atoms with Crippen molar-refractivity contribution in [2.45, 2.75) is 45.6 Å². The van der Waals surface area contributed by atoms with Crippen molar-refractivity contribution >= 4 is 0 Å². The number of nitrogens with one attached hydrogen (secondary N) is 1. The third kappa shape index (κ3) is 3.84. The molecule has 1 aromatic carbocycles. The first-order valence-electron chi connectivity index (χ1n) is 7.34. The van der Waals surface area contributed by atoms with Crippen LogP contribution < -0.4 is 10.1 Å². The fourth-order valence-corrected chi connectivity index (χ4v) is 2.60. The zero-order chi connectivity index (χ0) is 13.7. The van der Waals surface area contributed by atoms with E-state index in [9.17, 15) is 0 Å². The van der Waals surface area contributed by atoms with Crippen molar-refractivity contribution in [1.29, 1.82) is 0 Å². The summed E-state index contributed by atoms with van der Waals surface area (Å²) >= 11 is 0. The molecular weight excluding hydrogens is 234 g/mol. The normalized spacial score (nSPS) is 17.9. The molecule has 1 aliphatic rings. The van der Waals surface area contributed by atoms with E-state index in [1.165, 1.54) is 36.8 Å². The quantitative estimate of drug-likeness (QED) is 0.779. The van der Waals surface area contributed by atoms with Crippen molar-refractivity contribution in [2.75, 3.05) is 13.2 Å². The van der Waals surface area contributed by atoms with Gasteiger partial charge in [-0.1, -0.05) is 19.6 Å². The Kier molecular flexibility index (Phi) is 5.03. The van der Waals surface area contributed by atoms with Crippen LogP contribution in [0, 0.1) is 0 Å². The number of benzene rings is 1. The molecule has 0 bridgehead atoms. The molecule has 1 unspecified atom stereocenters. The van der Waals surface area contributed by atoms with E-state index in [1.54, 1.807) is 0 Å². The summed E-state index contributed by atoms with van der Waals surface area (Å²) in [4.78, 5) is 0. The van der Waals surface area contributed by atoms with Crippen molar-refractivity contribution < 1.29 is 4.74 Å². The first-order chi connectivity index (χ1) is 9.20. The molecule has 0 heterocycles. The molecule has 2 rings (SSSR count). The highest BCUT2D eigenvalue weighted by molar-refractivity contribution is 5.39. The van der Waals surface area contributed by atoms with Crippen molar-refractivity contribution in [2.24, 2.45) is 0 Å². The van der Waals surface area contributed by atoms with Crippen LogP contribution in [-0.2, 0) is 6.42 Å². The minimum atomic E-state index is 0.497. The third-order valence-electron chi connectivity index (χ3n) is 3.56. The molecule has 104 valence electrons. The van der Waals surface area contributed by atoms with E-state index in [4.69, 9.17) is 4.74 Å². The number of fused-ring (bicyclic) bond motifs is 1. The van der Waals surface area contributed by atoms with Crippen molar-refractivity contribution in [3.8, 4) is 5.75 Å². The summed E-state index contributed by atoms with van der Waals surface area (Å²) in [6.07, 6.45) is 4.88. The Hall–Kier alpha value is -1.28. The van der Waals surface area contributed by atoms with Gasteiger partial charge in [0.15, 0.2) is 0 Å². The van der Waals surface area contributed by atoms with Gasteiger partial charge in [0.2, 0.25) is 0 Å². The molecule has 1 aliphatic carbocycles. The Morgan fingerprint density at radius 3 is 3.05 bits per heavy atom. The Labute approximate surface area is 116 Å². The first-order valence-corrected chi connectivity index (χ1v) is 7.34. The molecule has 0 aliphatic heterocycles. The number of ether oxygens (including phenoxy) is 1. The second-order valence-electron chi connectivity index (χ2n) is 5.51. The van der Waals surface area contributed by atoms with Crippen LogP contribution >= 0.6 is 0 Å². The van der Waals surface area contributed by atoms with E-state index in [-0.39, 0.29) is 0 Å². The lowest BCUT2D eigenvalue weighted by atomic mass is 9.87. The van der Waals surface area contributed by atoms with Crippen LogP contribution in [0.1, 0.15) is 50.3 Å². The molecule has 1 N–H and O–H groups in total. The topological polar surface area (TPSA) is 21.3 Å². The minimum absolute atomic E-state index is 0.497. The first kappa shape index (κ1) is 14.1. The van der Waals surface area contributed by atoms with Gasteiger partial charge in [0.1, 0.15) is 12.4 Å². The zero-order valence-electron chi connectivity index (χ0n) is 12.2. The zero-order valence-corrected chi connectivity index (χ0v) is 12.2. The van der Waals surface area contributed by atoms with Crippen LogP contribution in [-0.4, -0.2) is 13.2 Å². The summed E-state index contributed by atoms with van der Waals surface area (Å²) in [5, 5.41) is 3.65. The Morgan fingerprint density at radius 2 is 2.32 bits per heavy atom. The van der Waals surface area contributed by atoms with Crippen LogP contribution in [0.2, 0.25) is 0 Å². The maximum atomic E-state index is 5.76. The molecule has 0 aromatic heterocycles. The Bertz CT molecular complexity index is 439. The van der Waals surface area contributed by atoms with Gasteiger partial charge in [0, 0.05) is 6.04 Å². The van der Waals surface area contributed by atoms with E-state index < -0.39 is 0 Å². The molecule has 2 nitrogen and oxygen atoms in total. The van der Waals surface area contributed by atoms with Gasteiger partial charge in [-0.15, -0.1) is 0 Å². The van der Waals surface area contributed by atoms with Gasteiger partial charge in [-0.3, -0.25) is 0 Å². The van der Waals surface area contributed by atoms with E-state index in [1.807, 2.05) is 6.92 Å². The van der Waals surface area contributed by atoms with Crippen molar-refractivity contribution in [3.63, 3.8) is 0 Å². The largest absolute Gasteiger partial charge is 0.489 e. The molecule has 2 heteroatoms. The van der Waals surface area contributed by atoms with Crippen LogP contribution in [0.5, 0.6) is 5.75 Å². The molecule has 0 saturated carbocycles. The molecule has 0 spiro atoms. The van der Waals surface area contributed by atoms with Crippen LogP contribution in [0.15, 0.2) is 30.4 Å². The van der Waals surface area contributed by atoms with E-state index in [2.05, 4.69) is 37.0 Å². The smallest absolute Gasteiger partial charge is 0.120 e. The molecule has 0 radical (unpaired) electrons. The molecular formula is C17H25NO.